The minimum absolute atomic E-state index is 0.0786. The van der Waals surface area contributed by atoms with Crippen LogP contribution >= 0.6 is 0 Å². The molecule has 17 heteroatoms. The van der Waals surface area contributed by atoms with E-state index in [1.54, 1.807) is 41.5 Å². The van der Waals surface area contributed by atoms with Gasteiger partial charge in [-0.3, -0.25) is 4.79 Å². The highest BCUT2D eigenvalue weighted by Crippen LogP contribution is 2.25. The van der Waals surface area contributed by atoms with Gasteiger partial charge in [-0.2, -0.15) is 0 Å². The third-order valence-corrected chi connectivity index (χ3v) is 5.21. The minimum atomic E-state index is -1.23. The van der Waals surface area contributed by atoms with Crippen LogP contribution in [0.1, 0.15) is 54.4 Å². The Balaban J connectivity index is 0.000000843. The number of ether oxygens (including phenoxy) is 7. The molecule has 0 aromatic carbocycles. The molecule has 0 radical (unpaired) electrons. The van der Waals surface area contributed by atoms with Crippen molar-refractivity contribution in [3.05, 3.63) is 0 Å². The van der Waals surface area contributed by atoms with E-state index < -0.39 is 84.8 Å². The Morgan fingerprint density at radius 2 is 1.41 bits per heavy atom. The molecule has 0 aliphatic carbocycles. The van der Waals surface area contributed by atoms with Crippen LogP contribution in [-0.4, -0.2) is 124 Å². The molecular weight excluding hydrogens is 596 g/mol. The summed E-state index contributed by atoms with van der Waals surface area (Å²) in [5.41, 5.74) is -1.59. The average molecular weight is 641 g/mol. The summed E-state index contributed by atoms with van der Waals surface area (Å²) in [4.78, 5) is 71.7. The Labute approximate surface area is 255 Å². The number of carbonyl (C=O) groups is 6. The van der Waals surface area contributed by atoms with Gasteiger partial charge in [0, 0.05) is 12.8 Å². The fourth-order valence-electron chi connectivity index (χ4n) is 3.48. The van der Waals surface area contributed by atoms with Gasteiger partial charge in [0.2, 0.25) is 0 Å². The maximum Gasteiger partial charge on any atom is 0.417 e. The highest BCUT2D eigenvalue weighted by molar-refractivity contribution is 6.01. The lowest BCUT2D eigenvalue weighted by Crippen LogP contribution is -2.47. The highest BCUT2D eigenvalue weighted by atomic mass is 18.2. The molecule has 44 heavy (non-hydrogen) atoms. The zero-order valence-corrected chi connectivity index (χ0v) is 26.6. The van der Waals surface area contributed by atoms with Crippen molar-refractivity contribution in [2.75, 3.05) is 47.9 Å². The second kappa shape index (κ2) is 18.9. The summed E-state index contributed by atoms with van der Waals surface area (Å²) in [6.07, 6.45) is -4.45. The second-order valence-corrected chi connectivity index (χ2v) is 11.0. The van der Waals surface area contributed by atoms with Crippen LogP contribution in [0.15, 0.2) is 0 Å². The number of hydrogen-bond acceptors (Lipinski definition) is 13. The van der Waals surface area contributed by atoms with Crippen molar-refractivity contribution in [1.82, 2.24) is 10.2 Å². The molecule has 1 fully saturated rings. The summed E-state index contributed by atoms with van der Waals surface area (Å²) >= 11 is 0. The first-order valence-corrected chi connectivity index (χ1v) is 13.5. The highest BCUT2D eigenvalue weighted by Gasteiger charge is 2.49. The van der Waals surface area contributed by atoms with E-state index in [0.29, 0.717) is 4.90 Å². The number of nitrogens with zero attached hydrogens (tertiary/aromatic N) is 1. The van der Waals surface area contributed by atoms with Crippen LogP contribution in [0.25, 0.3) is 0 Å². The largest absolute Gasteiger partial charge is 0.467 e. The molecule has 3 amide bonds. The average Bonchev–Trinajstić information content (AvgIpc) is 3.26. The van der Waals surface area contributed by atoms with Crippen LogP contribution in [0.4, 0.5) is 18.4 Å². The normalized spacial score (nSPS) is 17.8. The molecule has 1 heterocycles. The lowest BCUT2D eigenvalue weighted by molar-refractivity contribution is -0.157. The monoisotopic (exact) mass is 640 g/mol. The smallest absolute Gasteiger partial charge is 0.417 e. The molecule has 1 aliphatic heterocycles. The van der Waals surface area contributed by atoms with E-state index in [1.165, 1.54) is 0 Å². The topological polar surface area (TPSA) is 182 Å². The Morgan fingerprint density at radius 3 is 1.86 bits per heavy atom. The van der Waals surface area contributed by atoms with Gasteiger partial charge in [-0.25, -0.2) is 37.7 Å². The third-order valence-electron chi connectivity index (χ3n) is 5.21. The summed E-state index contributed by atoms with van der Waals surface area (Å²) in [5, 5.41) is 2.29. The molecule has 0 spiro atoms. The van der Waals surface area contributed by atoms with Crippen LogP contribution in [-0.2, 0) is 52.3 Å². The third kappa shape index (κ3) is 14.7. The van der Waals surface area contributed by atoms with E-state index in [9.17, 15) is 37.5 Å². The van der Waals surface area contributed by atoms with Crippen molar-refractivity contribution in [3.63, 3.8) is 0 Å². The summed E-state index contributed by atoms with van der Waals surface area (Å²) in [6.45, 7) is 7.66. The predicted octanol–water partition coefficient (Wildman–Crippen LogP) is 2.02. The number of methoxy groups -OCH3 is 3. The van der Waals surface area contributed by atoms with Gasteiger partial charge in [-0.15, -0.1) is 0 Å². The van der Waals surface area contributed by atoms with E-state index in [2.05, 4.69) is 19.5 Å². The van der Waals surface area contributed by atoms with E-state index in [1.807, 2.05) is 0 Å². The van der Waals surface area contributed by atoms with Crippen LogP contribution in [0.2, 0.25) is 0 Å². The maximum absolute atomic E-state index is 12.2. The van der Waals surface area contributed by atoms with Gasteiger partial charge in [-0.1, -0.05) is 0 Å². The van der Waals surface area contributed by atoms with E-state index in [4.69, 9.17) is 18.9 Å². The molecule has 4 unspecified atom stereocenters. The summed E-state index contributed by atoms with van der Waals surface area (Å²) in [7, 11) is 3.40. The van der Waals surface area contributed by atoms with Crippen LogP contribution in [0.3, 0.4) is 0 Å². The molecule has 4 atom stereocenters. The number of alkyl carbamates (subject to hydrolysis) is 1. The van der Waals surface area contributed by atoms with Gasteiger partial charge >= 0.3 is 30.1 Å². The number of halogens is 2. The van der Waals surface area contributed by atoms with Crippen molar-refractivity contribution >= 4 is 36.0 Å². The fraction of sp³-hybridized carbons (Fsp3) is 0.778. The number of rotatable bonds is 12. The van der Waals surface area contributed by atoms with Crippen molar-refractivity contribution in [2.45, 2.75) is 89.9 Å². The van der Waals surface area contributed by atoms with E-state index in [0.717, 1.165) is 21.3 Å². The number of amides is 3. The molecule has 0 bridgehead atoms. The van der Waals surface area contributed by atoms with Crippen LogP contribution in [0.5, 0.6) is 0 Å². The number of carbonyl (C=O) groups excluding carboxylic acids is 6. The molecule has 0 saturated carbocycles. The lowest BCUT2D eigenvalue weighted by atomic mass is 10.1. The van der Waals surface area contributed by atoms with Gasteiger partial charge in [0.1, 0.15) is 42.7 Å². The minimum Gasteiger partial charge on any atom is -0.467 e. The second-order valence-electron chi connectivity index (χ2n) is 11.0. The standard InChI is InChI=1S/C14H24FNO7.C13H20FNO6/c1-14(2,3)23-13(19)16-9(11(17)20-4)8-10(12(18)21-5)22-7-6-15;1-13(2,3)21-12(18)15-8(11(17)19-4)7-9(10(15)16)20-6-5-14/h9-10H,6-8H2,1-5H3,(H,16,19);8-9H,5-7H2,1-4H3/i15-1;14-1. The Kier molecular flexibility index (Phi) is 17.4. The molecule has 1 saturated heterocycles. The molecule has 15 nitrogen and oxygen atoms in total. The van der Waals surface area contributed by atoms with E-state index in [-0.39, 0.29) is 26.1 Å². The summed E-state index contributed by atoms with van der Waals surface area (Å²) in [5.74, 6) is -3.07. The zero-order valence-electron chi connectivity index (χ0n) is 26.6. The first-order valence-electron chi connectivity index (χ1n) is 13.5. The van der Waals surface area contributed by atoms with Crippen molar-refractivity contribution in [1.29, 1.82) is 0 Å². The molecular formula is C27H44F2N2O13. The molecule has 254 valence electrons. The van der Waals surface area contributed by atoms with Crippen LogP contribution < -0.4 is 5.32 Å². The summed E-state index contributed by atoms with van der Waals surface area (Å²) < 4.78 is 58.2. The zero-order chi connectivity index (χ0) is 34.3. The number of esters is 3. The van der Waals surface area contributed by atoms with Gasteiger partial charge in [0.15, 0.2) is 6.10 Å². The number of hydrogen-bond donors (Lipinski definition) is 1. The lowest BCUT2D eigenvalue weighted by Gasteiger charge is -2.26. The first kappa shape index (κ1) is 40.4. The molecule has 1 N–H and O–H groups in total. The van der Waals surface area contributed by atoms with E-state index >= 15 is 0 Å². The Bertz CT molecular complexity index is 982. The molecule has 0 aromatic heterocycles. The number of imide groups is 1. The predicted molar refractivity (Wildman–Crippen MR) is 147 cm³/mol. The number of likely N-dealkylation sites (tertiary alicyclic amines) is 1. The van der Waals surface area contributed by atoms with Crippen molar-refractivity contribution < 1.29 is 70.7 Å². The Morgan fingerprint density at radius 1 is 0.864 bits per heavy atom. The molecule has 1 rings (SSSR count). The van der Waals surface area contributed by atoms with Gasteiger partial charge < -0.3 is 38.5 Å². The quantitative estimate of drug-likeness (QED) is 0.242. The number of alkyl halides is 2. The van der Waals surface area contributed by atoms with Gasteiger partial charge in [0.05, 0.1) is 34.5 Å². The first-order chi connectivity index (χ1) is 20.3. The van der Waals surface area contributed by atoms with Crippen molar-refractivity contribution in [3.8, 4) is 0 Å². The SMILES string of the molecule is COC(=O)C(CC(OCC[18F])C(=O)OC)NC(=O)OC(C)(C)C.COC(=O)C1CC(OCC[18F])C(=O)N1C(=O)OC(C)(C)C. The maximum atomic E-state index is 12.2. The summed E-state index contributed by atoms with van der Waals surface area (Å²) in [6, 6.07) is -2.33. The van der Waals surface area contributed by atoms with Crippen LogP contribution in [0, 0.1) is 0 Å². The fourth-order valence-corrected chi connectivity index (χ4v) is 3.48. The van der Waals surface area contributed by atoms with Gasteiger partial charge in [0.25, 0.3) is 5.91 Å². The van der Waals surface area contributed by atoms with Gasteiger partial charge in [-0.05, 0) is 41.5 Å². The molecule has 1 aliphatic rings. The number of nitrogens with one attached hydrogen (secondary N) is 1. The molecule has 0 aromatic rings. The Hall–Kier alpha value is -3.60. The van der Waals surface area contributed by atoms with Crippen molar-refractivity contribution in [2.24, 2.45) is 0 Å².